The van der Waals surface area contributed by atoms with Crippen molar-refractivity contribution in [1.29, 1.82) is 0 Å². The molecule has 2 unspecified atom stereocenters. The van der Waals surface area contributed by atoms with Gasteiger partial charge in [0.15, 0.2) is 0 Å². The first-order valence-electron chi connectivity index (χ1n) is 5.67. The van der Waals surface area contributed by atoms with Crippen LogP contribution >= 0.6 is 0 Å². The van der Waals surface area contributed by atoms with E-state index in [2.05, 4.69) is 6.92 Å². The van der Waals surface area contributed by atoms with E-state index in [0.717, 1.165) is 32.8 Å². The van der Waals surface area contributed by atoms with Crippen molar-refractivity contribution in [3.05, 3.63) is 0 Å². The third-order valence-corrected chi connectivity index (χ3v) is 3.03. The van der Waals surface area contributed by atoms with E-state index in [1.807, 2.05) is 0 Å². The first kappa shape index (κ1) is 12.2. The summed E-state index contributed by atoms with van der Waals surface area (Å²) in [7, 11) is 1.28. The molecule has 0 bridgehead atoms. The molecule has 1 aliphatic heterocycles. The van der Waals surface area contributed by atoms with Crippen molar-refractivity contribution in [3.63, 3.8) is 0 Å². The molecule has 1 fully saturated rings. The summed E-state index contributed by atoms with van der Waals surface area (Å²) >= 11 is 0. The lowest BCUT2D eigenvalue weighted by atomic mass is 10.3. The van der Waals surface area contributed by atoms with Crippen molar-refractivity contribution in [2.45, 2.75) is 38.0 Å². The van der Waals surface area contributed by atoms with E-state index in [1.54, 1.807) is 0 Å². The van der Waals surface area contributed by atoms with Crippen molar-refractivity contribution >= 4 is 10.2 Å². The second-order valence-corrected chi connectivity index (χ2v) is 4.75. The van der Waals surface area contributed by atoms with E-state index in [9.17, 15) is 0 Å². The molecule has 0 aromatic carbocycles. The van der Waals surface area contributed by atoms with E-state index >= 15 is 0 Å². The van der Waals surface area contributed by atoms with Crippen LogP contribution in [0, 0.1) is 0 Å². The Hall–Kier alpha value is 0.0969. The molecule has 1 saturated heterocycles. The fourth-order valence-electron chi connectivity index (χ4n) is 1.15. The molecular formula is C10H22O3Si. The standard InChI is InChI=1S/C10H22O3Si/c1-2-9(6-11-4-3-5-14)12-7-10-8-13-10/h9-10H,2-8H2,1,14H3. The van der Waals surface area contributed by atoms with Crippen LogP contribution in [0.2, 0.25) is 6.04 Å². The molecule has 0 spiro atoms. The average molecular weight is 218 g/mol. The van der Waals surface area contributed by atoms with Crippen molar-refractivity contribution < 1.29 is 14.2 Å². The summed E-state index contributed by atoms with van der Waals surface area (Å²) in [6, 6.07) is 1.33. The van der Waals surface area contributed by atoms with Gasteiger partial charge in [0.25, 0.3) is 0 Å². The van der Waals surface area contributed by atoms with E-state index in [1.165, 1.54) is 22.7 Å². The second kappa shape index (κ2) is 7.40. The Bertz CT molecular complexity index is 139. The molecule has 3 nitrogen and oxygen atoms in total. The van der Waals surface area contributed by atoms with Gasteiger partial charge < -0.3 is 14.2 Å². The first-order valence-corrected chi connectivity index (χ1v) is 7.09. The Morgan fingerprint density at radius 3 is 2.93 bits per heavy atom. The van der Waals surface area contributed by atoms with Crippen LogP contribution in [0.25, 0.3) is 0 Å². The Morgan fingerprint density at radius 2 is 2.36 bits per heavy atom. The van der Waals surface area contributed by atoms with E-state index in [-0.39, 0.29) is 6.10 Å². The Balaban J connectivity index is 1.93. The van der Waals surface area contributed by atoms with Crippen LogP contribution in [0.4, 0.5) is 0 Å². The van der Waals surface area contributed by atoms with Crippen LogP contribution in [-0.2, 0) is 14.2 Å². The highest BCUT2D eigenvalue weighted by molar-refractivity contribution is 6.08. The first-order chi connectivity index (χ1) is 6.86. The molecule has 0 amide bonds. The second-order valence-electron chi connectivity index (χ2n) is 3.75. The minimum atomic E-state index is 0.258. The van der Waals surface area contributed by atoms with Crippen LogP contribution in [0.1, 0.15) is 19.8 Å². The summed E-state index contributed by atoms with van der Waals surface area (Å²) < 4.78 is 16.3. The predicted molar refractivity (Wildman–Crippen MR) is 60.0 cm³/mol. The maximum Gasteiger partial charge on any atom is 0.104 e. The number of hydrogen-bond donors (Lipinski definition) is 0. The monoisotopic (exact) mass is 218 g/mol. The molecule has 4 heteroatoms. The summed E-state index contributed by atoms with van der Waals surface area (Å²) in [5, 5.41) is 0. The Morgan fingerprint density at radius 1 is 1.57 bits per heavy atom. The van der Waals surface area contributed by atoms with Crippen LogP contribution < -0.4 is 0 Å². The van der Waals surface area contributed by atoms with Crippen molar-refractivity contribution in [3.8, 4) is 0 Å². The van der Waals surface area contributed by atoms with Gasteiger partial charge >= 0.3 is 0 Å². The summed E-state index contributed by atoms with van der Waals surface area (Å²) in [5.74, 6) is 0. The highest BCUT2D eigenvalue weighted by Gasteiger charge is 2.23. The molecule has 14 heavy (non-hydrogen) atoms. The largest absolute Gasteiger partial charge is 0.379 e. The van der Waals surface area contributed by atoms with Gasteiger partial charge in [-0.05, 0) is 12.8 Å². The molecule has 0 saturated carbocycles. The summed E-state index contributed by atoms with van der Waals surface area (Å²) in [6.45, 7) is 5.38. The molecule has 0 aromatic rings. The minimum absolute atomic E-state index is 0.258. The smallest absolute Gasteiger partial charge is 0.104 e. The van der Waals surface area contributed by atoms with Gasteiger partial charge in [-0.3, -0.25) is 0 Å². The van der Waals surface area contributed by atoms with Crippen LogP contribution in [0.3, 0.4) is 0 Å². The lowest BCUT2D eigenvalue weighted by molar-refractivity contribution is -0.0226. The van der Waals surface area contributed by atoms with Crippen molar-refractivity contribution in [2.75, 3.05) is 26.4 Å². The van der Waals surface area contributed by atoms with E-state index < -0.39 is 0 Å². The number of hydrogen-bond acceptors (Lipinski definition) is 3. The highest BCUT2D eigenvalue weighted by atomic mass is 28.1. The molecule has 0 aromatic heterocycles. The minimum Gasteiger partial charge on any atom is -0.379 e. The molecular weight excluding hydrogens is 196 g/mol. The zero-order valence-electron chi connectivity index (χ0n) is 9.33. The number of ether oxygens (including phenoxy) is 3. The lowest BCUT2D eigenvalue weighted by Gasteiger charge is -2.15. The zero-order valence-corrected chi connectivity index (χ0v) is 11.3. The molecule has 1 heterocycles. The maximum absolute atomic E-state index is 5.65. The molecule has 0 radical (unpaired) electrons. The van der Waals surface area contributed by atoms with E-state index in [4.69, 9.17) is 14.2 Å². The van der Waals surface area contributed by atoms with Crippen LogP contribution in [0.15, 0.2) is 0 Å². The molecule has 2 atom stereocenters. The summed E-state index contributed by atoms with van der Waals surface area (Å²) in [5.41, 5.74) is 0. The third-order valence-electron chi connectivity index (χ3n) is 2.32. The van der Waals surface area contributed by atoms with Crippen molar-refractivity contribution in [1.82, 2.24) is 0 Å². The average Bonchev–Trinajstić information content (AvgIpc) is 3.01. The highest BCUT2D eigenvalue weighted by Crippen LogP contribution is 2.11. The third kappa shape index (κ3) is 5.75. The van der Waals surface area contributed by atoms with Gasteiger partial charge in [0, 0.05) is 16.8 Å². The fourth-order valence-corrected chi connectivity index (χ4v) is 1.44. The van der Waals surface area contributed by atoms with Gasteiger partial charge in [-0.2, -0.15) is 0 Å². The SMILES string of the molecule is CCC(COCCC[SiH3])OCC1CO1. The predicted octanol–water partition coefficient (Wildman–Crippen LogP) is 0.371. The van der Waals surface area contributed by atoms with Gasteiger partial charge in [0.1, 0.15) is 6.10 Å². The topological polar surface area (TPSA) is 31.0 Å². The molecule has 0 aliphatic carbocycles. The quantitative estimate of drug-likeness (QED) is 0.318. The zero-order chi connectivity index (χ0) is 10.2. The van der Waals surface area contributed by atoms with Gasteiger partial charge in [-0.15, -0.1) is 0 Å². The van der Waals surface area contributed by atoms with Gasteiger partial charge in [0.2, 0.25) is 0 Å². The van der Waals surface area contributed by atoms with Gasteiger partial charge in [0.05, 0.1) is 25.9 Å². The number of epoxide rings is 1. The Kier molecular flexibility index (Phi) is 6.43. The Labute approximate surface area is 89.5 Å². The van der Waals surface area contributed by atoms with Crippen LogP contribution in [-0.4, -0.2) is 48.9 Å². The molecule has 0 N–H and O–H groups in total. The maximum atomic E-state index is 5.65. The normalized spacial score (nSPS) is 22.5. The van der Waals surface area contributed by atoms with E-state index in [0.29, 0.717) is 6.10 Å². The summed E-state index contributed by atoms with van der Waals surface area (Å²) in [6.07, 6.45) is 2.85. The van der Waals surface area contributed by atoms with Crippen LogP contribution in [0.5, 0.6) is 0 Å². The van der Waals surface area contributed by atoms with Gasteiger partial charge in [-0.25, -0.2) is 0 Å². The number of rotatable bonds is 9. The fraction of sp³-hybridized carbons (Fsp3) is 1.00. The molecule has 1 rings (SSSR count). The van der Waals surface area contributed by atoms with Crippen molar-refractivity contribution in [2.24, 2.45) is 0 Å². The lowest BCUT2D eigenvalue weighted by Crippen LogP contribution is -2.21. The molecule has 84 valence electrons. The molecule has 1 aliphatic rings. The summed E-state index contributed by atoms with van der Waals surface area (Å²) in [4.78, 5) is 0. The van der Waals surface area contributed by atoms with Gasteiger partial charge in [-0.1, -0.05) is 13.0 Å².